The van der Waals surface area contributed by atoms with Gasteiger partial charge in [-0.25, -0.2) is 0 Å². The molecule has 1 saturated heterocycles. The number of nitro groups is 1. The van der Waals surface area contributed by atoms with E-state index in [9.17, 15) is 14.9 Å². The van der Waals surface area contributed by atoms with Crippen LogP contribution in [0.2, 0.25) is 10.0 Å². The minimum absolute atomic E-state index is 0.0111. The molecule has 0 bridgehead atoms. The fourth-order valence-electron chi connectivity index (χ4n) is 3.76. The minimum atomic E-state index is -0.509. The van der Waals surface area contributed by atoms with E-state index in [1.807, 2.05) is 41.3 Å². The van der Waals surface area contributed by atoms with E-state index in [2.05, 4.69) is 4.90 Å². The van der Waals surface area contributed by atoms with Crippen LogP contribution in [0.25, 0.3) is 0 Å². The van der Waals surface area contributed by atoms with Crippen LogP contribution in [0.4, 0.5) is 5.69 Å². The molecule has 176 valence electrons. The molecule has 1 aliphatic rings. The summed E-state index contributed by atoms with van der Waals surface area (Å²) in [5, 5.41) is 11.7. The first-order valence-electron chi connectivity index (χ1n) is 10.8. The molecule has 0 spiro atoms. The average molecular weight is 500 g/mol. The Labute approximate surface area is 207 Å². The van der Waals surface area contributed by atoms with Crippen LogP contribution in [0.15, 0.2) is 66.7 Å². The molecule has 1 heterocycles. The van der Waals surface area contributed by atoms with Crippen molar-refractivity contribution in [2.24, 2.45) is 0 Å². The van der Waals surface area contributed by atoms with Gasteiger partial charge in [0.1, 0.15) is 12.4 Å². The van der Waals surface area contributed by atoms with Crippen LogP contribution in [0.1, 0.15) is 21.5 Å². The van der Waals surface area contributed by atoms with E-state index in [0.717, 1.165) is 30.2 Å². The standard InChI is InChI=1S/C25H23Cl2N3O4/c26-21-7-3-18(4-8-21)16-28-11-13-29(14-12-28)25(31)20-5-1-19(2-6-20)17-34-24-10-9-22(30(32)33)15-23(24)27/h1-10,15H,11-14,16-17H2. The lowest BCUT2D eigenvalue weighted by molar-refractivity contribution is -0.384. The van der Waals surface area contributed by atoms with Crippen LogP contribution in [-0.2, 0) is 13.2 Å². The molecule has 3 aromatic carbocycles. The normalized spacial score (nSPS) is 14.1. The predicted molar refractivity (Wildman–Crippen MR) is 132 cm³/mol. The largest absolute Gasteiger partial charge is 0.487 e. The van der Waals surface area contributed by atoms with E-state index in [4.69, 9.17) is 27.9 Å². The van der Waals surface area contributed by atoms with Crippen LogP contribution >= 0.6 is 23.2 Å². The highest BCUT2D eigenvalue weighted by molar-refractivity contribution is 6.32. The third-order valence-corrected chi connectivity index (χ3v) is 6.25. The molecule has 4 rings (SSSR count). The SMILES string of the molecule is O=C(c1ccc(COc2ccc([N+](=O)[O-])cc2Cl)cc1)N1CCN(Cc2ccc(Cl)cc2)CC1. The summed E-state index contributed by atoms with van der Waals surface area (Å²) in [4.78, 5) is 27.4. The van der Waals surface area contributed by atoms with Gasteiger partial charge in [0.15, 0.2) is 0 Å². The first kappa shape index (κ1) is 24.0. The summed E-state index contributed by atoms with van der Waals surface area (Å²) in [7, 11) is 0. The molecule has 3 aromatic rings. The highest BCUT2D eigenvalue weighted by Crippen LogP contribution is 2.29. The second-order valence-corrected chi connectivity index (χ2v) is 8.90. The lowest BCUT2D eigenvalue weighted by Crippen LogP contribution is -2.48. The third-order valence-electron chi connectivity index (χ3n) is 5.70. The van der Waals surface area contributed by atoms with E-state index >= 15 is 0 Å². The summed E-state index contributed by atoms with van der Waals surface area (Å²) in [6, 6.07) is 19.2. The molecule has 0 radical (unpaired) electrons. The van der Waals surface area contributed by atoms with Crippen LogP contribution in [0, 0.1) is 10.1 Å². The second kappa shape index (κ2) is 10.9. The summed E-state index contributed by atoms with van der Waals surface area (Å²) >= 11 is 12.0. The van der Waals surface area contributed by atoms with Crippen LogP contribution in [0.3, 0.4) is 0 Å². The first-order valence-corrected chi connectivity index (χ1v) is 11.6. The second-order valence-electron chi connectivity index (χ2n) is 8.05. The number of hydrogen-bond acceptors (Lipinski definition) is 5. The van der Waals surface area contributed by atoms with Gasteiger partial charge in [-0.1, -0.05) is 47.5 Å². The molecule has 34 heavy (non-hydrogen) atoms. The van der Waals surface area contributed by atoms with Crippen molar-refractivity contribution in [3.05, 3.63) is 104 Å². The predicted octanol–water partition coefficient (Wildman–Crippen LogP) is 5.44. The highest BCUT2D eigenvalue weighted by Gasteiger charge is 2.22. The van der Waals surface area contributed by atoms with Gasteiger partial charge >= 0.3 is 0 Å². The highest BCUT2D eigenvalue weighted by atomic mass is 35.5. The Balaban J connectivity index is 1.28. The van der Waals surface area contributed by atoms with Gasteiger partial charge in [-0.3, -0.25) is 19.8 Å². The van der Waals surface area contributed by atoms with Crippen molar-refractivity contribution >= 4 is 34.8 Å². The van der Waals surface area contributed by atoms with Crippen LogP contribution < -0.4 is 4.74 Å². The zero-order chi connectivity index (χ0) is 24.1. The average Bonchev–Trinajstić information content (AvgIpc) is 2.85. The van der Waals surface area contributed by atoms with Crippen molar-refractivity contribution in [3.63, 3.8) is 0 Å². The van der Waals surface area contributed by atoms with E-state index in [1.165, 1.54) is 23.8 Å². The molecule has 1 aliphatic heterocycles. The Kier molecular flexibility index (Phi) is 7.67. The van der Waals surface area contributed by atoms with E-state index in [-0.39, 0.29) is 23.2 Å². The zero-order valence-corrected chi connectivity index (χ0v) is 19.8. The Morgan fingerprint density at radius 1 is 0.912 bits per heavy atom. The summed E-state index contributed by atoms with van der Waals surface area (Å²) in [6.07, 6.45) is 0. The maximum Gasteiger partial charge on any atom is 0.271 e. The molecule has 0 unspecified atom stereocenters. The molecule has 1 amide bonds. The van der Waals surface area contributed by atoms with Gasteiger partial charge in [0, 0.05) is 55.4 Å². The van der Waals surface area contributed by atoms with Gasteiger partial charge in [-0.15, -0.1) is 0 Å². The van der Waals surface area contributed by atoms with Gasteiger partial charge in [0.05, 0.1) is 9.95 Å². The minimum Gasteiger partial charge on any atom is -0.487 e. The van der Waals surface area contributed by atoms with E-state index in [1.54, 1.807) is 12.1 Å². The molecule has 0 aliphatic carbocycles. The maximum absolute atomic E-state index is 12.9. The van der Waals surface area contributed by atoms with Crippen molar-refractivity contribution < 1.29 is 14.5 Å². The fraction of sp³-hybridized carbons (Fsp3) is 0.240. The van der Waals surface area contributed by atoms with Crippen molar-refractivity contribution in [1.29, 1.82) is 0 Å². The van der Waals surface area contributed by atoms with Crippen molar-refractivity contribution in [2.45, 2.75) is 13.2 Å². The van der Waals surface area contributed by atoms with Gasteiger partial charge < -0.3 is 9.64 Å². The number of benzene rings is 3. The van der Waals surface area contributed by atoms with Gasteiger partial charge in [0.2, 0.25) is 0 Å². The van der Waals surface area contributed by atoms with Crippen molar-refractivity contribution in [2.75, 3.05) is 26.2 Å². The Bertz CT molecular complexity index is 1160. The molecule has 7 nitrogen and oxygen atoms in total. The number of hydrogen-bond donors (Lipinski definition) is 0. The summed E-state index contributed by atoms with van der Waals surface area (Å²) in [5.74, 6) is 0.376. The number of nitrogens with zero attached hydrogens (tertiary/aromatic N) is 3. The number of piperazine rings is 1. The van der Waals surface area contributed by atoms with Crippen molar-refractivity contribution in [1.82, 2.24) is 9.80 Å². The number of amides is 1. The van der Waals surface area contributed by atoms with Crippen LogP contribution in [-0.4, -0.2) is 46.8 Å². The molecular weight excluding hydrogens is 477 g/mol. The molecule has 1 fully saturated rings. The zero-order valence-electron chi connectivity index (χ0n) is 18.3. The van der Waals surface area contributed by atoms with Crippen LogP contribution in [0.5, 0.6) is 5.75 Å². The molecule has 0 atom stereocenters. The summed E-state index contributed by atoms with van der Waals surface area (Å²) < 4.78 is 5.68. The first-order chi connectivity index (χ1) is 16.4. The molecule has 0 aromatic heterocycles. The van der Waals surface area contributed by atoms with Gasteiger partial charge in [-0.05, 0) is 41.5 Å². The van der Waals surface area contributed by atoms with Gasteiger partial charge in [-0.2, -0.15) is 0 Å². The quantitative estimate of drug-likeness (QED) is 0.319. The number of halogens is 2. The number of non-ortho nitro benzene ring substituents is 1. The molecular formula is C25H23Cl2N3O4. The number of nitro benzene ring substituents is 1. The van der Waals surface area contributed by atoms with E-state index in [0.29, 0.717) is 24.4 Å². The molecule has 9 heteroatoms. The number of ether oxygens (including phenoxy) is 1. The molecule has 0 N–H and O–H groups in total. The van der Waals surface area contributed by atoms with E-state index < -0.39 is 4.92 Å². The summed E-state index contributed by atoms with van der Waals surface area (Å²) in [6.45, 7) is 4.06. The van der Waals surface area contributed by atoms with Gasteiger partial charge in [0.25, 0.3) is 11.6 Å². The maximum atomic E-state index is 12.9. The summed E-state index contributed by atoms with van der Waals surface area (Å²) in [5.41, 5.74) is 2.60. The number of rotatable bonds is 7. The Morgan fingerprint density at radius 3 is 2.18 bits per heavy atom. The smallest absolute Gasteiger partial charge is 0.271 e. The fourth-order valence-corrected chi connectivity index (χ4v) is 4.12. The Hall–Kier alpha value is -3.13. The lowest BCUT2D eigenvalue weighted by atomic mass is 10.1. The van der Waals surface area contributed by atoms with Crippen molar-refractivity contribution in [3.8, 4) is 5.75 Å². The Morgan fingerprint density at radius 2 is 1.56 bits per heavy atom. The third kappa shape index (κ3) is 6.05. The monoisotopic (exact) mass is 499 g/mol. The topological polar surface area (TPSA) is 75.9 Å². The molecule has 0 saturated carbocycles. The lowest BCUT2D eigenvalue weighted by Gasteiger charge is -2.34. The number of carbonyl (C=O) groups excluding carboxylic acids is 1. The number of carbonyl (C=O) groups is 1.